The van der Waals surface area contributed by atoms with Gasteiger partial charge in [0.1, 0.15) is 0 Å². The van der Waals surface area contributed by atoms with Crippen LogP contribution in [0.4, 0.5) is 0 Å². The summed E-state index contributed by atoms with van der Waals surface area (Å²) in [4.78, 5) is 26.6. The van der Waals surface area contributed by atoms with Crippen molar-refractivity contribution in [1.82, 2.24) is 5.32 Å². The molecule has 1 heterocycles. The first-order valence-electron chi connectivity index (χ1n) is 11.8. The average molecular weight is 510 g/mol. The molecule has 0 saturated heterocycles. The van der Waals surface area contributed by atoms with Crippen molar-refractivity contribution < 1.29 is 14.3 Å². The lowest BCUT2D eigenvalue weighted by molar-refractivity contribution is -0.140. The van der Waals surface area contributed by atoms with Gasteiger partial charge in [0.15, 0.2) is 0 Å². The Bertz CT molecular complexity index is 1170. The predicted molar refractivity (Wildman–Crippen MR) is 148 cm³/mol. The summed E-state index contributed by atoms with van der Waals surface area (Å²) in [5.41, 5.74) is 6.55. The number of esters is 1. The van der Waals surface area contributed by atoms with E-state index in [1.807, 2.05) is 12.1 Å². The number of amides is 1. The number of rotatable bonds is 8. The van der Waals surface area contributed by atoms with Gasteiger partial charge in [-0.2, -0.15) is 0 Å². The number of methoxy groups -OCH3 is 1. The molecule has 0 aliphatic carbocycles. The third-order valence-corrected chi connectivity index (χ3v) is 8.48. The van der Waals surface area contributed by atoms with Gasteiger partial charge in [0, 0.05) is 21.6 Å². The van der Waals surface area contributed by atoms with Crippen molar-refractivity contribution in [2.75, 3.05) is 13.7 Å². The van der Waals surface area contributed by atoms with E-state index in [1.54, 1.807) is 11.8 Å². The zero-order chi connectivity index (χ0) is 25.8. The molecule has 0 spiro atoms. The molecule has 0 aliphatic rings. The van der Waals surface area contributed by atoms with Gasteiger partial charge in [-0.05, 0) is 78.3 Å². The lowest BCUT2D eigenvalue weighted by atomic mass is 9.85. The van der Waals surface area contributed by atoms with Crippen molar-refractivity contribution in [2.45, 2.75) is 63.5 Å². The van der Waals surface area contributed by atoms with Gasteiger partial charge >= 0.3 is 5.97 Å². The SMILES string of the molecule is COC(=O)CCNC(=O)c1ccc(C(C)Sc2cc(C)c(-c3ccc(C(C)(C)C)cc3)c(C)c2)s1. The van der Waals surface area contributed by atoms with Crippen LogP contribution < -0.4 is 5.32 Å². The lowest BCUT2D eigenvalue weighted by Gasteiger charge is -2.20. The van der Waals surface area contributed by atoms with Crippen LogP contribution in [0.15, 0.2) is 53.4 Å². The van der Waals surface area contributed by atoms with Crippen molar-refractivity contribution >= 4 is 35.0 Å². The van der Waals surface area contributed by atoms with Crippen LogP contribution >= 0.6 is 23.1 Å². The molecular weight excluding hydrogens is 474 g/mol. The smallest absolute Gasteiger partial charge is 0.307 e. The summed E-state index contributed by atoms with van der Waals surface area (Å²) in [6.07, 6.45) is 0.169. The van der Waals surface area contributed by atoms with Gasteiger partial charge in [-0.25, -0.2) is 0 Å². The minimum absolute atomic E-state index is 0.143. The maximum atomic E-state index is 12.4. The molecule has 1 atom stereocenters. The topological polar surface area (TPSA) is 55.4 Å². The Hall–Kier alpha value is -2.57. The number of thioether (sulfide) groups is 1. The maximum absolute atomic E-state index is 12.4. The normalized spacial score (nSPS) is 12.3. The maximum Gasteiger partial charge on any atom is 0.307 e. The molecular formula is C29H35NO3S2. The van der Waals surface area contributed by atoms with Crippen LogP contribution in [0.2, 0.25) is 0 Å². The van der Waals surface area contributed by atoms with Crippen molar-refractivity contribution in [3.63, 3.8) is 0 Å². The average Bonchev–Trinajstić information content (AvgIpc) is 3.29. The fraction of sp³-hybridized carbons (Fsp3) is 0.379. The van der Waals surface area contributed by atoms with Crippen molar-refractivity contribution in [3.8, 4) is 11.1 Å². The Balaban J connectivity index is 1.69. The molecule has 1 amide bonds. The fourth-order valence-electron chi connectivity index (χ4n) is 4.01. The zero-order valence-electron chi connectivity index (χ0n) is 21.7. The standard InChI is InChI=1S/C29H35NO3S2/c1-18-16-23(17-19(2)27(18)21-8-10-22(11-9-21)29(4,5)6)34-20(3)24-12-13-25(35-24)28(32)30-15-14-26(31)33-7/h8-13,16-17,20H,14-15H2,1-7H3,(H,30,32). The van der Waals surface area contributed by atoms with Gasteiger partial charge < -0.3 is 10.1 Å². The Morgan fingerprint density at radius 1 is 1.03 bits per heavy atom. The van der Waals surface area contributed by atoms with Crippen molar-refractivity contribution in [2.24, 2.45) is 0 Å². The number of carbonyl (C=O) groups excluding carboxylic acids is 2. The van der Waals surface area contributed by atoms with E-state index in [1.165, 1.54) is 51.2 Å². The quantitative estimate of drug-likeness (QED) is 0.253. The van der Waals surface area contributed by atoms with Gasteiger partial charge in [-0.1, -0.05) is 45.0 Å². The van der Waals surface area contributed by atoms with E-state index in [4.69, 9.17) is 0 Å². The molecule has 0 saturated carbocycles. The molecule has 3 aromatic rings. The summed E-state index contributed by atoms with van der Waals surface area (Å²) in [5, 5.41) is 2.99. The number of benzene rings is 2. The Morgan fingerprint density at radius 3 is 2.23 bits per heavy atom. The highest BCUT2D eigenvalue weighted by atomic mass is 32.2. The summed E-state index contributed by atoms with van der Waals surface area (Å²) in [6.45, 7) is 13.5. The summed E-state index contributed by atoms with van der Waals surface area (Å²) < 4.78 is 4.61. The number of aryl methyl sites for hydroxylation is 2. The minimum Gasteiger partial charge on any atom is -0.469 e. The summed E-state index contributed by atoms with van der Waals surface area (Å²) in [5.74, 6) is -0.489. The van der Waals surface area contributed by atoms with Crippen molar-refractivity contribution in [1.29, 1.82) is 0 Å². The molecule has 2 aromatic carbocycles. The van der Waals surface area contributed by atoms with E-state index < -0.39 is 0 Å². The number of thiophene rings is 1. The second kappa shape index (κ2) is 11.4. The lowest BCUT2D eigenvalue weighted by Crippen LogP contribution is -2.25. The fourth-order valence-corrected chi connectivity index (χ4v) is 6.25. The van der Waals surface area contributed by atoms with Crippen LogP contribution in [0.5, 0.6) is 0 Å². The van der Waals surface area contributed by atoms with E-state index in [2.05, 4.69) is 88.0 Å². The first-order chi connectivity index (χ1) is 16.5. The van der Waals surface area contributed by atoms with Gasteiger partial charge in [-0.15, -0.1) is 23.1 Å². The second-order valence-electron chi connectivity index (χ2n) is 9.80. The number of hydrogen-bond donors (Lipinski definition) is 1. The molecule has 1 unspecified atom stereocenters. The molecule has 35 heavy (non-hydrogen) atoms. The third-order valence-electron chi connectivity index (χ3n) is 5.95. The molecule has 4 nitrogen and oxygen atoms in total. The molecule has 1 N–H and O–H groups in total. The highest BCUT2D eigenvalue weighted by molar-refractivity contribution is 7.99. The van der Waals surface area contributed by atoms with Crippen LogP contribution in [0.25, 0.3) is 11.1 Å². The largest absolute Gasteiger partial charge is 0.469 e. The van der Waals surface area contributed by atoms with E-state index >= 15 is 0 Å². The van der Waals surface area contributed by atoms with Gasteiger partial charge in [0.05, 0.1) is 18.4 Å². The van der Waals surface area contributed by atoms with Gasteiger partial charge in [0.25, 0.3) is 5.91 Å². The number of carbonyl (C=O) groups is 2. The van der Waals surface area contributed by atoms with E-state index in [0.29, 0.717) is 4.88 Å². The second-order valence-corrected chi connectivity index (χ2v) is 12.3. The molecule has 0 aliphatic heterocycles. The van der Waals surface area contributed by atoms with Crippen LogP contribution in [-0.4, -0.2) is 25.5 Å². The molecule has 0 bridgehead atoms. The van der Waals surface area contributed by atoms with Crippen LogP contribution in [0.1, 0.15) is 70.6 Å². The summed E-state index contributed by atoms with van der Waals surface area (Å²) >= 11 is 3.30. The molecule has 0 radical (unpaired) electrons. The highest BCUT2D eigenvalue weighted by Crippen LogP contribution is 2.40. The molecule has 186 valence electrons. The number of ether oxygens (including phenoxy) is 1. The Morgan fingerprint density at radius 2 is 1.66 bits per heavy atom. The van der Waals surface area contributed by atoms with Crippen LogP contribution in [0.3, 0.4) is 0 Å². The van der Waals surface area contributed by atoms with Gasteiger partial charge in [0.2, 0.25) is 0 Å². The first kappa shape index (κ1) is 27.0. The molecule has 6 heteroatoms. The predicted octanol–water partition coefficient (Wildman–Crippen LogP) is 7.48. The molecule has 3 rings (SSSR count). The zero-order valence-corrected chi connectivity index (χ0v) is 23.3. The minimum atomic E-state index is -0.333. The Labute approximate surface area is 217 Å². The third kappa shape index (κ3) is 6.98. The molecule has 0 fully saturated rings. The number of nitrogens with one attached hydrogen (secondary N) is 1. The van der Waals surface area contributed by atoms with Crippen LogP contribution in [-0.2, 0) is 14.9 Å². The number of hydrogen-bond acceptors (Lipinski definition) is 5. The first-order valence-corrected chi connectivity index (χ1v) is 13.5. The summed E-state index contributed by atoms with van der Waals surface area (Å²) in [7, 11) is 1.34. The van der Waals surface area contributed by atoms with Crippen LogP contribution in [0, 0.1) is 13.8 Å². The van der Waals surface area contributed by atoms with E-state index in [-0.39, 0.29) is 35.5 Å². The highest BCUT2D eigenvalue weighted by Gasteiger charge is 2.17. The van der Waals surface area contributed by atoms with Gasteiger partial charge in [-0.3, -0.25) is 9.59 Å². The Kier molecular flexibility index (Phi) is 8.84. The van der Waals surface area contributed by atoms with E-state index in [9.17, 15) is 9.59 Å². The summed E-state index contributed by atoms with van der Waals surface area (Å²) in [6, 6.07) is 17.3. The molecule has 1 aromatic heterocycles. The van der Waals surface area contributed by atoms with E-state index in [0.717, 1.165) is 4.88 Å². The monoisotopic (exact) mass is 509 g/mol. The van der Waals surface area contributed by atoms with Crippen molar-refractivity contribution in [3.05, 3.63) is 75.0 Å².